The second kappa shape index (κ2) is 10.5. The quantitative estimate of drug-likeness (QED) is 0.458. The van der Waals surface area contributed by atoms with Crippen LogP contribution in [0.5, 0.6) is 0 Å². The summed E-state index contributed by atoms with van der Waals surface area (Å²) in [6.07, 6.45) is 2.62. The molecule has 0 aliphatic rings. The Balaban J connectivity index is 1.74. The molecule has 0 saturated heterocycles. The van der Waals surface area contributed by atoms with Crippen molar-refractivity contribution in [2.24, 2.45) is 0 Å². The summed E-state index contributed by atoms with van der Waals surface area (Å²) in [5.74, 6) is -0.778. The third-order valence-electron chi connectivity index (χ3n) is 3.55. The zero-order chi connectivity index (χ0) is 21.3. The summed E-state index contributed by atoms with van der Waals surface area (Å²) >= 11 is -0.217. The molecule has 5 nitrogen and oxygen atoms in total. The molecule has 156 valence electrons. The van der Waals surface area contributed by atoms with Gasteiger partial charge in [-0.15, -0.1) is 0 Å². The summed E-state index contributed by atoms with van der Waals surface area (Å²) in [5, 5.41) is 2.45. The van der Waals surface area contributed by atoms with Crippen molar-refractivity contribution in [3.05, 3.63) is 71.8 Å². The van der Waals surface area contributed by atoms with Crippen LogP contribution in [-0.2, 0) is 21.4 Å². The van der Waals surface area contributed by atoms with Crippen molar-refractivity contribution in [1.29, 1.82) is 0 Å². The molecule has 0 aliphatic carbocycles. The maximum Gasteiger partial charge on any atom is 0.446 e. The highest BCUT2D eigenvalue weighted by atomic mass is 32.2. The highest BCUT2D eigenvalue weighted by Crippen LogP contribution is 2.36. The molecule has 2 rings (SSSR count). The van der Waals surface area contributed by atoms with Gasteiger partial charge in [-0.25, -0.2) is 13.1 Å². The minimum Gasteiger partial charge on any atom is -0.351 e. The van der Waals surface area contributed by atoms with E-state index < -0.39 is 21.4 Å². The number of amides is 1. The third kappa shape index (κ3) is 9.64. The van der Waals surface area contributed by atoms with Crippen LogP contribution < -0.4 is 10.0 Å². The average Bonchev–Trinajstić information content (AvgIpc) is 2.65. The molecular weight excluding hydrogens is 425 g/mol. The second-order valence-corrected chi connectivity index (χ2v) is 8.93. The maximum absolute atomic E-state index is 12.3. The van der Waals surface area contributed by atoms with Crippen molar-refractivity contribution in [1.82, 2.24) is 10.0 Å². The summed E-state index contributed by atoms with van der Waals surface area (Å²) in [5.41, 5.74) is -2.99. The minimum absolute atomic E-state index is 0.0484. The van der Waals surface area contributed by atoms with Crippen LogP contribution in [0.1, 0.15) is 11.1 Å². The van der Waals surface area contributed by atoms with Crippen LogP contribution in [0.3, 0.4) is 0 Å². The number of sulfonamides is 1. The van der Waals surface area contributed by atoms with Gasteiger partial charge in [0, 0.05) is 24.1 Å². The van der Waals surface area contributed by atoms with Crippen molar-refractivity contribution in [3.63, 3.8) is 0 Å². The van der Waals surface area contributed by atoms with Crippen molar-refractivity contribution in [2.45, 2.75) is 16.9 Å². The Labute approximate surface area is 171 Å². The second-order valence-electron chi connectivity index (χ2n) is 5.87. The van der Waals surface area contributed by atoms with E-state index in [1.807, 2.05) is 6.07 Å². The predicted molar refractivity (Wildman–Crippen MR) is 107 cm³/mol. The Morgan fingerprint density at radius 2 is 1.69 bits per heavy atom. The number of halogens is 3. The summed E-state index contributed by atoms with van der Waals surface area (Å²) in [6, 6.07) is 14.6. The third-order valence-corrected chi connectivity index (χ3v) is 5.61. The van der Waals surface area contributed by atoms with Crippen molar-refractivity contribution in [3.8, 4) is 0 Å². The first-order valence-electron chi connectivity index (χ1n) is 8.46. The van der Waals surface area contributed by atoms with Crippen LogP contribution in [-0.4, -0.2) is 32.1 Å². The topological polar surface area (TPSA) is 75.3 Å². The SMILES string of the molecule is O=C(/C=C/c1ccc(SC(F)(F)F)cc1)NCCS(=O)(=O)NCc1ccccc1. The van der Waals surface area contributed by atoms with Crippen LogP contribution in [0.2, 0.25) is 0 Å². The molecular formula is C19H19F3N2O3S2. The molecule has 0 bridgehead atoms. The number of thioether (sulfide) groups is 1. The molecule has 0 heterocycles. The Bertz CT molecular complexity index is 929. The van der Waals surface area contributed by atoms with Crippen LogP contribution >= 0.6 is 11.8 Å². The highest BCUT2D eigenvalue weighted by Gasteiger charge is 2.28. The molecule has 2 N–H and O–H groups in total. The zero-order valence-electron chi connectivity index (χ0n) is 15.1. The molecule has 0 radical (unpaired) electrons. The molecule has 0 atom stereocenters. The molecule has 10 heteroatoms. The lowest BCUT2D eigenvalue weighted by molar-refractivity contribution is -0.116. The smallest absolute Gasteiger partial charge is 0.351 e. The largest absolute Gasteiger partial charge is 0.446 e. The van der Waals surface area contributed by atoms with Gasteiger partial charge in [0.1, 0.15) is 0 Å². The first-order chi connectivity index (χ1) is 13.6. The van der Waals surface area contributed by atoms with Gasteiger partial charge in [-0.05, 0) is 41.1 Å². The molecule has 0 aromatic heterocycles. The molecule has 29 heavy (non-hydrogen) atoms. The van der Waals surface area contributed by atoms with Crippen LogP contribution in [0, 0.1) is 0 Å². The summed E-state index contributed by atoms with van der Waals surface area (Å²) in [4.78, 5) is 11.8. The van der Waals surface area contributed by atoms with Gasteiger partial charge in [-0.2, -0.15) is 13.2 Å². The van der Waals surface area contributed by atoms with E-state index >= 15 is 0 Å². The lowest BCUT2D eigenvalue weighted by Gasteiger charge is -2.07. The number of benzene rings is 2. The van der Waals surface area contributed by atoms with Crippen molar-refractivity contribution in [2.75, 3.05) is 12.3 Å². The first-order valence-corrected chi connectivity index (χ1v) is 10.9. The standard InChI is InChI=1S/C19H19F3N2O3S2/c20-19(21,22)28-17-9-6-15(7-10-17)8-11-18(25)23-12-13-29(26,27)24-14-16-4-2-1-3-5-16/h1-11,24H,12-14H2,(H,23,25)/b11-8+. The number of nitrogens with one attached hydrogen (secondary N) is 2. The van der Waals surface area contributed by atoms with E-state index in [0.717, 1.165) is 5.56 Å². The zero-order valence-corrected chi connectivity index (χ0v) is 16.8. The molecule has 0 unspecified atom stereocenters. The first kappa shape index (κ1) is 23.0. The Kier molecular flexibility index (Phi) is 8.30. The Morgan fingerprint density at radius 1 is 1.03 bits per heavy atom. The van der Waals surface area contributed by atoms with Crippen LogP contribution in [0.15, 0.2) is 65.6 Å². The van der Waals surface area contributed by atoms with Crippen LogP contribution in [0.4, 0.5) is 13.2 Å². The Hall–Kier alpha value is -2.30. The normalized spacial score (nSPS) is 12.2. The molecule has 0 fully saturated rings. The van der Waals surface area contributed by atoms with Gasteiger partial charge in [0.2, 0.25) is 15.9 Å². The van der Waals surface area contributed by atoms with E-state index in [4.69, 9.17) is 0 Å². The number of carbonyl (C=O) groups excluding carboxylic acids is 1. The fraction of sp³-hybridized carbons (Fsp3) is 0.211. The molecule has 0 spiro atoms. The maximum atomic E-state index is 12.3. The van der Waals surface area contributed by atoms with Gasteiger partial charge in [-0.3, -0.25) is 4.79 Å². The fourth-order valence-electron chi connectivity index (χ4n) is 2.18. The number of hydrogen-bond acceptors (Lipinski definition) is 4. The van der Waals surface area contributed by atoms with E-state index in [1.54, 1.807) is 24.3 Å². The lowest BCUT2D eigenvalue weighted by atomic mass is 10.2. The van der Waals surface area contributed by atoms with Gasteiger partial charge < -0.3 is 5.32 Å². The highest BCUT2D eigenvalue weighted by molar-refractivity contribution is 8.00. The van der Waals surface area contributed by atoms with E-state index in [0.29, 0.717) is 5.56 Å². The van der Waals surface area contributed by atoms with Gasteiger partial charge >= 0.3 is 5.51 Å². The lowest BCUT2D eigenvalue weighted by Crippen LogP contribution is -2.33. The average molecular weight is 445 g/mol. The van der Waals surface area contributed by atoms with Gasteiger partial charge in [0.25, 0.3) is 0 Å². The molecule has 0 aliphatic heterocycles. The summed E-state index contributed by atoms with van der Waals surface area (Å²) in [7, 11) is -3.55. The van der Waals surface area contributed by atoms with Gasteiger partial charge in [0.05, 0.1) is 5.75 Å². The van der Waals surface area contributed by atoms with Crippen molar-refractivity contribution < 1.29 is 26.4 Å². The van der Waals surface area contributed by atoms with E-state index in [-0.39, 0.29) is 35.5 Å². The van der Waals surface area contributed by atoms with E-state index in [2.05, 4.69) is 10.0 Å². The number of alkyl halides is 3. The Morgan fingerprint density at radius 3 is 2.31 bits per heavy atom. The number of hydrogen-bond donors (Lipinski definition) is 2. The molecule has 2 aromatic rings. The van der Waals surface area contributed by atoms with Gasteiger partial charge in [0.15, 0.2) is 0 Å². The molecule has 2 aromatic carbocycles. The number of carbonyl (C=O) groups is 1. The molecule has 1 amide bonds. The monoisotopic (exact) mass is 444 g/mol. The predicted octanol–water partition coefficient (Wildman–Crippen LogP) is 3.55. The molecule has 0 saturated carbocycles. The van der Waals surface area contributed by atoms with E-state index in [9.17, 15) is 26.4 Å². The number of rotatable bonds is 9. The van der Waals surface area contributed by atoms with Crippen molar-refractivity contribution >= 4 is 33.8 Å². The van der Waals surface area contributed by atoms with E-state index in [1.165, 1.54) is 36.4 Å². The van der Waals surface area contributed by atoms with Gasteiger partial charge in [-0.1, -0.05) is 42.5 Å². The van der Waals surface area contributed by atoms with Crippen LogP contribution in [0.25, 0.3) is 6.08 Å². The fourth-order valence-corrected chi connectivity index (χ4v) is 3.62. The minimum atomic E-state index is -4.35. The summed E-state index contributed by atoms with van der Waals surface area (Å²) in [6.45, 7) is 0.0914. The summed E-state index contributed by atoms with van der Waals surface area (Å²) < 4.78 is 63.2.